The van der Waals surface area contributed by atoms with Crippen molar-refractivity contribution in [2.24, 2.45) is 0 Å². The highest BCUT2D eigenvalue weighted by Gasteiger charge is 2.07. The lowest BCUT2D eigenvalue weighted by molar-refractivity contribution is 0.476. The zero-order valence-corrected chi connectivity index (χ0v) is 11.1. The standard InChI is InChI=1S/C12H8Cl3NO/c1-7-10(4-5-12(15)16-7)17-11-3-2-8(13)6-9(11)14/h2-6H,1H3. The third kappa shape index (κ3) is 3.03. The van der Waals surface area contributed by atoms with E-state index in [-0.39, 0.29) is 0 Å². The molecule has 0 N–H and O–H groups in total. The van der Waals surface area contributed by atoms with E-state index in [2.05, 4.69) is 4.98 Å². The molecule has 2 aromatic rings. The van der Waals surface area contributed by atoms with Gasteiger partial charge in [0.2, 0.25) is 0 Å². The minimum Gasteiger partial charge on any atom is -0.454 e. The molecule has 0 spiro atoms. The Kier molecular flexibility index (Phi) is 3.77. The summed E-state index contributed by atoms with van der Waals surface area (Å²) >= 11 is 17.6. The molecule has 0 fully saturated rings. The number of rotatable bonds is 2. The molecule has 0 saturated heterocycles. The summed E-state index contributed by atoms with van der Waals surface area (Å²) in [5.74, 6) is 1.14. The predicted molar refractivity (Wildman–Crippen MR) is 70.5 cm³/mol. The lowest BCUT2D eigenvalue weighted by atomic mass is 10.3. The Morgan fingerprint density at radius 2 is 1.71 bits per heavy atom. The number of hydrogen-bond donors (Lipinski definition) is 0. The van der Waals surface area contributed by atoms with E-state index < -0.39 is 0 Å². The Morgan fingerprint density at radius 1 is 1.00 bits per heavy atom. The van der Waals surface area contributed by atoms with Gasteiger partial charge in [0, 0.05) is 5.02 Å². The Bertz CT molecular complexity index is 508. The number of benzene rings is 1. The summed E-state index contributed by atoms with van der Waals surface area (Å²) < 4.78 is 5.64. The molecule has 1 aromatic carbocycles. The zero-order chi connectivity index (χ0) is 12.4. The molecule has 17 heavy (non-hydrogen) atoms. The van der Waals surface area contributed by atoms with Crippen LogP contribution in [0.4, 0.5) is 0 Å². The molecule has 5 heteroatoms. The van der Waals surface area contributed by atoms with Crippen molar-refractivity contribution >= 4 is 34.8 Å². The number of ether oxygens (including phenoxy) is 1. The topological polar surface area (TPSA) is 22.1 Å². The van der Waals surface area contributed by atoms with Gasteiger partial charge in [-0.3, -0.25) is 0 Å². The number of aryl methyl sites for hydroxylation is 1. The van der Waals surface area contributed by atoms with Gasteiger partial charge in [0.15, 0.2) is 0 Å². The largest absolute Gasteiger partial charge is 0.454 e. The molecule has 0 atom stereocenters. The van der Waals surface area contributed by atoms with Crippen LogP contribution in [0.25, 0.3) is 0 Å². The van der Waals surface area contributed by atoms with Crippen LogP contribution in [0, 0.1) is 6.92 Å². The summed E-state index contributed by atoms with van der Waals surface area (Å²) in [6.45, 7) is 1.81. The van der Waals surface area contributed by atoms with Crippen molar-refractivity contribution in [1.29, 1.82) is 0 Å². The van der Waals surface area contributed by atoms with Crippen molar-refractivity contribution in [3.05, 3.63) is 51.2 Å². The van der Waals surface area contributed by atoms with Gasteiger partial charge in [0.05, 0.1) is 10.7 Å². The minimum absolute atomic E-state index is 0.428. The highest BCUT2D eigenvalue weighted by atomic mass is 35.5. The molecule has 1 aromatic heterocycles. The number of nitrogens with zero attached hydrogens (tertiary/aromatic N) is 1. The van der Waals surface area contributed by atoms with Gasteiger partial charge in [-0.15, -0.1) is 0 Å². The maximum atomic E-state index is 6.01. The minimum atomic E-state index is 0.428. The molecule has 2 rings (SSSR count). The van der Waals surface area contributed by atoms with Crippen molar-refractivity contribution in [3.8, 4) is 11.5 Å². The third-order valence-corrected chi connectivity index (χ3v) is 2.86. The van der Waals surface area contributed by atoms with E-state index in [1.807, 2.05) is 6.92 Å². The van der Waals surface area contributed by atoms with Gasteiger partial charge >= 0.3 is 0 Å². The molecule has 0 radical (unpaired) electrons. The van der Waals surface area contributed by atoms with E-state index >= 15 is 0 Å². The fourth-order valence-corrected chi connectivity index (χ4v) is 1.94. The SMILES string of the molecule is Cc1nc(Cl)ccc1Oc1ccc(Cl)cc1Cl. The van der Waals surface area contributed by atoms with Crippen molar-refractivity contribution in [1.82, 2.24) is 4.98 Å². The van der Waals surface area contributed by atoms with Crippen LogP contribution in [0.1, 0.15) is 5.69 Å². The van der Waals surface area contributed by atoms with Gasteiger partial charge in [0.1, 0.15) is 16.7 Å². The summed E-state index contributed by atoms with van der Waals surface area (Å²) in [6.07, 6.45) is 0. The maximum Gasteiger partial charge on any atom is 0.148 e. The van der Waals surface area contributed by atoms with Crippen LogP contribution in [0.5, 0.6) is 11.5 Å². The first-order chi connectivity index (χ1) is 8.06. The molecule has 88 valence electrons. The van der Waals surface area contributed by atoms with Crippen LogP contribution in [-0.2, 0) is 0 Å². The van der Waals surface area contributed by atoms with Crippen LogP contribution in [0.3, 0.4) is 0 Å². The lowest BCUT2D eigenvalue weighted by Crippen LogP contribution is -1.91. The van der Waals surface area contributed by atoms with Crippen LogP contribution in [0.2, 0.25) is 15.2 Å². The van der Waals surface area contributed by atoms with E-state index in [4.69, 9.17) is 39.5 Å². The van der Waals surface area contributed by atoms with Crippen molar-refractivity contribution in [2.75, 3.05) is 0 Å². The van der Waals surface area contributed by atoms with E-state index in [0.29, 0.717) is 32.4 Å². The van der Waals surface area contributed by atoms with Crippen LogP contribution >= 0.6 is 34.8 Å². The summed E-state index contributed by atoms with van der Waals surface area (Å²) in [5, 5.41) is 1.44. The second-order valence-corrected chi connectivity index (χ2v) is 4.63. The molecule has 1 heterocycles. The quantitative estimate of drug-likeness (QED) is 0.714. The summed E-state index contributed by atoms with van der Waals surface area (Å²) in [7, 11) is 0. The number of hydrogen-bond acceptors (Lipinski definition) is 2. The normalized spacial score (nSPS) is 10.4. The second kappa shape index (κ2) is 5.13. The second-order valence-electron chi connectivity index (χ2n) is 3.39. The van der Waals surface area contributed by atoms with Gasteiger partial charge in [-0.25, -0.2) is 4.98 Å². The molecule has 0 aliphatic heterocycles. The van der Waals surface area contributed by atoms with Crippen molar-refractivity contribution < 1.29 is 4.74 Å². The lowest BCUT2D eigenvalue weighted by Gasteiger charge is -2.09. The molecule has 2 nitrogen and oxygen atoms in total. The smallest absolute Gasteiger partial charge is 0.148 e. The first-order valence-electron chi connectivity index (χ1n) is 4.82. The summed E-state index contributed by atoms with van der Waals surface area (Å²) in [5.41, 5.74) is 0.698. The summed E-state index contributed by atoms with van der Waals surface area (Å²) in [6, 6.07) is 8.45. The Morgan fingerprint density at radius 3 is 2.35 bits per heavy atom. The number of halogens is 3. The average Bonchev–Trinajstić information content (AvgIpc) is 2.25. The first-order valence-corrected chi connectivity index (χ1v) is 5.96. The zero-order valence-electron chi connectivity index (χ0n) is 8.88. The Hall–Kier alpha value is -0.960. The van der Waals surface area contributed by atoms with Gasteiger partial charge in [-0.1, -0.05) is 34.8 Å². The highest BCUT2D eigenvalue weighted by molar-refractivity contribution is 6.35. The molecule has 0 bridgehead atoms. The van der Waals surface area contributed by atoms with E-state index in [9.17, 15) is 0 Å². The molecule has 0 amide bonds. The average molecular weight is 289 g/mol. The molecule has 0 aliphatic rings. The van der Waals surface area contributed by atoms with Crippen LogP contribution < -0.4 is 4.74 Å². The fraction of sp³-hybridized carbons (Fsp3) is 0.0833. The highest BCUT2D eigenvalue weighted by Crippen LogP contribution is 2.32. The van der Waals surface area contributed by atoms with E-state index in [1.165, 1.54) is 0 Å². The van der Waals surface area contributed by atoms with Crippen LogP contribution in [-0.4, -0.2) is 4.98 Å². The molecule has 0 unspecified atom stereocenters. The van der Waals surface area contributed by atoms with Crippen molar-refractivity contribution in [3.63, 3.8) is 0 Å². The third-order valence-electron chi connectivity index (χ3n) is 2.12. The summed E-state index contributed by atoms with van der Waals surface area (Å²) in [4.78, 5) is 4.09. The number of pyridine rings is 1. The van der Waals surface area contributed by atoms with Gasteiger partial charge in [-0.2, -0.15) is 0 Å². The van der Waals surface area contributed by atoms with Gasteiger partial charge in [-0.05, 0) is 37.3 Å². The van der Waals surface area contributed by atoms with E-state index in [1.54, 1.807) is 30.3 Å². The maximum absolute atomic E-state index is 6.01. The first kappa shape index (κ1) is 12.5. The monoisotopic (exact) mass is 287 g/mol. The van der Waals surface area contributed by atoms with Gasteiger partial charge < -0.3 is 4.74 Å². The van der Waals surface area contributed by atoms with E-state index in [0.717, 1.165) is 0 Å². The van der Waals surface area contributed by atoms with Crippen LogP contribution in [0.15, 0.2) is 30.3 Å². The Balaban J connectivity index is 2.31. The molecular weight excluding hydrogens is 280 g/mol. The molecular formula is C12H8Cl3NO. The Labute approximate surface area is 114 Å². The number of aromatic nitrogens is 1. The van der Waals surface area contributed by atoms with Crippen molar-refractivity contribution in [2.45, 2.75) is 6.92 Å². The van der Waals surface area contributed by atoms with Gasteiger partial charge in [0.25, 0.3) is 0 Å². The molecule has 0 saturated carbocycles. The predicted octanol–water partition coefficient (Wildman–Crippen LogP) is 5.14. The fourth-order valence-electron chi connectivity index (χ4n) is 1.30. The molecule has 0 aliphatic carbocycles.